The first-order valence-electron chi connectivity index (χ1n) is 9.84. The highest BCUT2D eigenvalue weighted by Crippen LogP contribution is 2.06. The molecule has 11 nitrogen and oxygen atoms in total. The molecule has 5 unspecified atom stereocenters. The van der Waals surface area contributed by atoms with Crippen LogP contribution in [-0.2, 0) is 19.2 Å². The maximum atomic E-state index is 12.7. The van der Waals surface area contributed by atoms with Crippen LogP contribution < -0.4 is 27.4 Å². The van der Waals surface area contributed by atoms with Gasteiger partial charge >= 0.3 is 5.97 Å². The monoisotopic (exact) mass is 449 g/mol. The molecule has 0 heterocycles. The van der Waals surface area contributed by atoms with Crippen LogP contribution in [0, 0.1) is 5.92 Å². The number of nitrogens with two attached hydrogens (primary N) is 2. The second-order valence-electron chi connectivity index (χ2n) is 7.43. The number of hydrogen-bond acceptors (Lipinski definition) is 8. The van der Waals surface area contributed by atoms with E-state index in [9.17, 15) is 29.4 Å². The molecule has 0 aliphatic rings. The van der Waals surface area contributed by atoms with Crippen LogP contribution in [0.5, 0.6) is 0 Å². The van der Waals surface area contributed by atoms with Gasteiger partial charge in [0.2, 0.25) is 17.7 Å². The highest BCUT2D eigenvalue weighted by Gasteiger charge is 2.33. The van der Waals surface area contributed by atoms with Crippen LogP contribution in [0.2, 0.25) is 0 Å². The molecule has 0 saturated carbocycles. The molecule has 0 radical (unpaired) electrons. The minimum atomic E-state index is -1.41. The molecule has 0 aromatic carbocycles. The van der Waals surface area contributed by atoms with E-state index < -0.39 is 54.0 Å². The first-order chi connectivity index (χ1) is 14.0. The van der Waals surface area contributed by atoms with E-state index in [1.807, 2.05) is 0 Å². The Kier molecular flexibility index (Phi) is 13.3. The number of thiol groups is 1. The highest BCUT2D eigenvalue weighted by molar-refractivity contribution is 7.80. The van der Waals surface area contributed by atoms with Gasteiger partial charge in [-0.15, -0.1) is 0 Å². The summed E-state index contributed by atoms with van der Waals surface area (Å²) < 4.78 is 0. The first-order valence-corrected chi connectivity index (χ1v) is 10.5. The molecule has 0 fully saturated rings. The van der Waals surface area contributed by atoms with Crippen molar-refractivity contribution in [3.63, 3.8) is 0 Å². The van der Waals surface area contributed by atoms with Crippen LogP contribution in [0.25, 0.3) is 0 Å². The van der Waals surface area contributed by atoms with Gasteiger partial charge in [0.15, 0.2) is 0 Å². The minimum Gasteiger partial charge on any atom is -0.480 e. The third-order valence-corrected chi connectivity index (χ3v) is 4.80. The molecule has 12 heteroatoms. The Morgan fingerprint density at radius 1 is 0.933 bits per heavy atom. The Morgan fingerprint density at radius 2 is 1.47 bits per heavy atom. The zero-order chi connectivity index (χ0) is 23.4. The Labute approximate surface area is 182 Å². The van der Waals surface area contributed by atoms with Crippen molar-refractivity contribution in [1.82, 2.24) is 16.0 Å². The van der Waals surface area contributed by atoms with Crippen LogP contribution >= 0.6 is 12.6 Å². The fourth-order valence-corrected chi connectivity index (χ4v) is 2.70. The Balaban J connectivity index is 5.25. The van der Waals surface area contributed by atoms with Crippen LogP contribution in [0.15, 0.2) is 0 Å². The van der Waals surface area contributed by atoms with E-state index in [-0.39, 0.29) is 18.1 Å². The summed E-state index contributed by atoms with van der Waals surface area (Å²) in [5.41, 5.74) is 11.0. The molecule has 0 bridgehead atoms. The number of rotatable bonds is 14. The number of hydrogen-bond donors (Lipinski definition) is 8. The number of carboxylic acid groups (broad SMARTS) is 1. The summed E-state index contributed by atoms with van der Waals surface area (Å²) in [6, 6.07) is -4.53. The summed E-state index contributed by atoms with van der Waals surface area (Å²) >= 11 is 3.94. The van der Waals surface area contributed by atoms with Crippen molar-refractivity contribution in [2.45, 2.75) is 70.3 Å². The maximum absolute atomic E-state index is 12.7. The molecule has 0 aromatic heterocycles. The van der Waals surface area contributed by atoms with Gasteiger partial charge in [-0.2, -0.15) is 12.6 Å². The predicted octanol–water partition coefficient (Wildman–Crippen LogP) is -2.05. The Bertz CT molecular complexity index is 589. The first kappa shape index (κ1) is 28.1. The summed E-state index contributed by atoms with van der Waals surface area (Å²) in [5.74, 6) is -3.63. The zero-order valence-electron chi connectivity index (χ0n) is 17.6. The lowest BCUT2D eigenvalue weighted by Gasteiger charge is -2.28. The maximum Gasteiger partial charge on any atom is 0.326 e. The van der Waals surface area contributed by atoms with E-state index in [2.05, 4.69) is 28.6 Å². The quantitative estimate of drug-likeness (QED) is 0.109. The smallest absolute Gasteiger partial charge is 0.326 e. The molecule has 3 amide bonds. The van der Waals surface area contributed by atoms with Gasteiger partial charge in [0.1, 0.15) is 18.1 Å². The lowest BCUT2D eigenvalue weighted by atomic mass is 10.0. The van der Waals surface area contributed by atoms with Crippen LogP contribution in [0.4, 0.5) is 0 Å². The number of amides is 3. The van der Waals surface area contributed by atoms with Gasteiger partial charge in [-0.3, -0.25) is 14.4 Å². The van der Waals surface area contributed by atoms with Crippen molar-refractivity contribution in [3.8, 4) is 0 Å². The number of carboxylic acids is 1. The largest absolute Gasteiger partial charge is 0.480 e. The average Bonchev–Trinajstić information content (AvgIpc) is 2.67. The second kappa shape index (κ2) is 14.2. The van der Waals surface area contributed by atoms with Gasteiger partial charge < -0.3 is 37.6 Å². The number of nitrogens with one attached hydrogen (secondary N) is 3. The summed E-state index contributed by atoms with van der Waals surface area (Å²) in [4.78, 5) is 48.6. The lowest BCUT2D eigenvalue weighted by Crippen LogP contribution is -2.60. The third-order valence-electron chi connectivity index (χ3n) is 4.40. The van der Waals surface area contributed by atoms with Crippen molar-refractivity contribution in [2.75, 3.05) is 12.3 Å². The molecule has 0 rings (SSSR count). The van der Waals surface area contributed by atoms with E-state index in [4.69, 9.17) is 11.5 Å². The number of aliphatic hydroxyl groups excluding tert-OH is 1. The van der Waals surface area contributed by atoms with Gasteiger partial charge in [0, 0.05) is 5.75 Å². The van der Waals surface area contributed by atoms with Gasteiger partial charge in [0.25, 0.3) is 0 Å². The van der Waals surface area contributed by atoms with Crippen molar-refractivity contribution >= 4 is 36.3 Å². The summed E-state index contributed by atoms with van der Waals surface area (Å²) in [5, 5.41) is 26.5. The second-order valence-corrected chi connectivity index (χ2v) is 7.80. The van der Waals surface area contributed by atoms with Crippen molar-refractivity contribution in [1.29, 1.82) is 0 Å². The molecular weight excluding hydrogens is 414 g/mol. The molecule has 30 heavy (non-hydrogen) atoms. The SMILES string of the molecule is CC(C)C(NC(=O)C(N)CS)C(=O)NC(C(=O)NC(CCCCN)C(=O)O)C(C)O. The number of carbonyl (C=O) groups is 4. The standard InChI is InChI=1S/C18H35N5O6S/c1-9(2)13(22-15(25)11(20)8-30)16(26)23-14(10(3)24)17(27)21-12(18(28)29)6-4-5-7-19/h9-14,24,30H,4-8,19-20H2,1-3H3,(H,21,27)(H,22,25)(H,23,26)(H,28,29). The van der Waals surface area contributed by atoms with E-state index in [1.165, 1.54) is 6.92 Å². The van der Waals surface area contributed by atoms with Crippen molar-refractivity contribution < 1.29 is 29.4 Å². The van der Waals surface area contributed by atoms with E-state index >= 15 is 0 Å². The van der Waals surface area contributed by atoms with Crippen molar-refractivity contribution in [2.24, 2.45) is 17.4 Å². The average molecular weight is 450 g/mol. The lowest BCUT2D eigenvalue weighted by molar-refractivity contribution is -0.143. The summed E-state index contributed by atoms with van der Waals surface area (Å²) in [6.07, 6.45) is -0.0618. The van der Waals surface area contributed by atoms with Gasteiger partial charge in [-0.05, 0) is 38.6 Å². The molecular formula is C18H35N5O6S. The van der Waals surface area contributed by atoms with Crippen molar-refractivity contribution in [3.05, 3.63) is 0 Å². The predicted molar refractivity (Wildman–Crippen MR) is 115 cm³/mol. The number of unbranched alkanes of at least 4 members (excludes halogenated alkanes) is 1. The number of carbonyl (C=O) groups excluding carboxylic acids is 3. The van der Waals surface area contributed by atoms with E-state index in [0.29, 0.717) is 19.4 Å². The molecule has 0 aliphatic carbocycles. The number of aliphatic hydroxyl groups is 1. The van der Waals surface area contributed by atoms with E-state index in [1.54, 1.807) is 13.8 Å². The molecule has 0 aliphatic heterocycles. The number of aliphatic carboxylic acids is 1. The Hall–Kier alpha value is -1.89. The Morgan fingerprint density at radius 3 is 1.90 bits per heavy atom. The zero-order valence-corrected chi connectivity index (χ0v) is 18.5. The van der Waals surface area contributed by atoms with Crippen LogP contribution in [-0.4, -0.2) is 76.5 Å². The van der Waals surface area contributed by atoms with Gasteiger partial charge in [-0.25, -0.2) is 4.79 Å². The van der Waals surface area contributed by atoms with Crippen LogP contribution in [0.1, 0.15) is 40.0 Å². The highest BCUT2D eigenvalue weighted by atomic mass is 32.1. The van der Waals surface area contributed by atoms with Gasteiger partial charge in [-0.1, -0.05) is 13.8 Å². The molecule has 0 saturated heterocycles. The van der Waals surface area contributed by atoms with Crippen LogP contribution in [0.3, 0.4) is 0 Å². The molecule has 174 valence electrons. The minimum absolute atomic E-state index is 0.0811. The molecule has 9 N–H and O–H groups in total. The molecule has 0 aromatic rings. The summed E-state index contributed by atoms with van der Waals surface area (Å²) in [7, 11) is 0. The summed E-state index contributed by atoms with van der Waals surface area (Å²) in [6.45, 7) is 5.05. The van der Waals surface area contributed by atoms with E-state index in [0.717, 1.165) is 0 Å². The normalized spacial score (nSPS) is 16.1. The fraction of sp³-hybridized carbons (Fsp3) is 0.778. The fourth-order valence-electron chi connectivity index (χ4n) is 2.54. The topological polar surface area (TPSA) is 197 Å². The molecule has 0 spiro atoms. The third kappa shape index (κ3) is 9.74. The van der Waals surface area contributed by atoms with Gasteiger partial charge in [0.05, 0.1) is 12.1 Å². The molecule has 5 atom stereocenters.